The molecular formula is C23H29N5O. The maximum Gasteiger partial charge on any atom is 0.191 e. The summed E-state index contributed by atoms with van der Waals surface area (Å²) in [7, 11) is 0. The van der Waals surface area contributed by atoms with Crippen LogP contribution in [0.4, 0.5) is 0 Å². The molecule has 0 fully saturated rings. The van der Waals surface area contributed by atoms with Gasteiger partial charge in [-0.05, 0) is 30.5 Å². The van der Waals surface area contributed by atoms with Crippen molar-refractivity contribution < 1.29 is 5.11 Å². The molecule has 6 nitrogen and oxygen atoms in total. The van der Waals surface area contributed by atoms with Gasteiger partial charge in [0.15, 0.2) is 5.96 Å². The first-order chi connectivity index (χ1) is 14.1. The summed E-state index contributed by atoms with van der Waals surface area (Å²) in [6.45, 7) is 6.29. The van der Waals surface area contributed by atoms with E-state index in [0.29, 0.717) is 19.0 Å². The average Bonchev–Trinajstić information content (AvgIpc) is 3.24. The Morgan fingerprint density at radius 2 is 1.90 bits per heavy atom. The van der Waals surface area contributed by atoms with Gasteiger partial charge in [-0.2, -0.15) is 0 Å². The molecule has 3 rings (SSSR count). The molecule has 1 atom stereocenters. The number of nitrogens with one attached hydrogen (secondary N) is 2. The van der Waals surface area contributed by atoms with E-state index in [9.17, 15) is 5.11 Å². The van der Waals surface area contributed by atoms with Crippen molar-refractivity contribution in [2.24, 2.45) is 4.99 Å². The minimum absolute atomic E-state index is 0.365. The standard InChI is InChI=1S/C23H29N5O/c1-3-25-22(27-17-23(2,29)21-10-5-4-6-11-21)26-15-19-8-7-9-20(14-19)16-28-13-12-24-18-28/h4-14,18,29H,3,15-17H2,1-2H3,(H2,25,26,27). The third kappa shape index (κ3) is 6.19. The molecule has 0 radical (unpaired) electrons. The molecule has 2 aromatic carbocycles. The Morgan fingerprint density at radius 3 is 2.62 bits per heavy atom. The summed E-state index contributed by atoms with van der Waals surface area (Å²) in [4.78, 5) is 8.77. The van der Waals surface area contributed by atoms with Gasteiger partial charge in [-0.25, -0.2) is 9.98 Å². The largest absolute Gasteiger partial charge is 0.384 e. The normalized spacial score (nSPS) is 13.7. The molecule has 3 aromatic rings. The van der Waals surface area contributed by atoms with E-state index in [1.165, 1.54) is 5.56 Å². The fraction of sp³-hybridized carbons (Fsp3) is 0.304. The topological polar surface area (TPSA) is 74.5 Å². The highest BCUT2D eigenvalue weighted by molar-refractivity contribution is 5.79. The molecule has 6 heteroatoms. The van der Waals surface area contributed by atoms with E-state index in [1.54, 1.807) is 13.1 Å². The molecule has 0 amide bonds. The van der Waals surface area contributed by atoms with Crippen LogP contribution in [0.25, 0.3) is 0 Å². The second-order valence-corrected chi connectivity index (χ2v) is 7.24. The summed E-state index contributed by atoms with van der Waals surface area (Å²) in [5.74, 6) is 0.684. The van der Waals surface area contributed by atoms with Crippen molar-refractivity contribution in [2.45, 2.75) is 32.5 Å². The second-order valence-electron chi connectivity index (χ2n) is 7.24. The molecule has 3 N–H and O–H groups in total. The van der Waals surface area contributed by atoms with E-state index in [2.05, 4.69) is 44.9 Å². The van der Waals surface area contributed by atoms with Crippen LogP contribution in [0.5, 0.6) is 0 Å². The van der Waals surface area contributed by atoms with Crippen molar-refractivity contribution in [1.82, 2.24) is 20.2 Å². The molecule has 0 spiro atoms. The van der Waals surface area contributed by atoms with E-state index in [4.69, 9.17) is 0 Å². The molecule has 29 heavy (non-hydrogen) atoms. The fourth-order valence-corrected chi connectivity index (χ4v) is 3.08. The molecule has 0 aliphatic heterocycles. The van der Waals surface area contributed by atoms with Gasteiger partial charge in [0.05, 0.1) is 19.4 Å². The zero-order valence-electron chi connectivity index (χ0n) is 17.0. The number of nitrogens with zero attached hydrogens (tertiary/aromatic N) is 3. The summed E-state index contributed by atoms with van der Waals surface area (Å²) >= 11 is 0. The zero-order chi connectivity index (χ0) is 20.5. The SMILES string of the molecule is CCNC(=NCc1cccc(Cn2ccnc2)c1)NCC(C)(O)c1ccccc1. The van der Waals surface area contributed by atoms with E-state index in [-0.39, 0.29) is 0 Å². The highest BCUT2D eigenvalue weighted by atomic mass is 16.3. The number of aliphatic hydroxyl groups is 1. The van der Waals surface area contributed by atoms with Crippen LogP contribution < -0.4 is 10.6 Å². The van der Waals surface area contributed by atoms with Gasteiger partial charge in [0, 0.05) is 25.5 Å². The van der Waals surface area contributed by atoms with Gasteiger partial charge in [0.2, 0.25) is 0 Å². The molecule has 0 aliphatic rings. The zero-order valence-corrected chi connectivity index (χ0v) is 17.0. The van der Waals surface area contributed by atoms with Crippen molar-refractivity contribution in [3.63, 3.8) is 0 Å². The molecule has 0 bridgehead atoms. The first kappa shape index (κ1) is 20.6. The molecule has 1 heterocycles. The minimum atomic E-state index is -0.984. The summed E-state index contributed by atoms with van der Waals surface area (Å²) in [6.07, 6.45) is 5.56. The third-order valence-electron chi connectivity index (χ3n) is 4.68. The lowest BCUT2D eigenvalue weighted by Gasteiger charge is -2.25. The Kier molecular flexibility index (Phi) is 7.03. The van der Waals surface area contributed by atoms with Crippen molar-refractivity contribution in [2.75, 3.05) is 13.1 Å². The van der Waals surface area contributed by atoms with Gasteiger partial charge in [-0.15, -0.1) is 0 Å². The van der Waals surface area contributed by atoms with Crippen LogP contribution in [0.2, 0.25) is 0 Å². The number of rotatable bonds is 8. The molecule has 1 unspecified atom stereocenters. The average molecular weight is 392 g/mol. The number of hydrogen-bond donors (Lipinski definition) is 3. The van der Waals surface area contributed by atoms with Gasteiger partial charge in [-0.3, -0.25) is 0 Å². The van der Waals surface area contributed by atoms with Crippen LogP contribution in [-0.2, 0) is 18.7 Å². The predicted molar refractivity (Wildman–Crippen MR) is 117 cm³/mol. The van der Waals surface area contributed by atoms with Crippen molar-refractivity contribution in [3.05, 3.63) is 90.0 Å². The third-order valence-corrected chi connectivity index (χ3v) is 4.68. The monoisotopic (exact) mass is 391 g/mol. The lowest BCUT2D eigenvalue weighted by molar-refractivity contribution is 0.0617. The Balaban J connectivity index is 1.63. The summed E-state index contributed by atoms with van der Waals surface area (Å²) < 4.78 is 2.04. The molecule has 0 saturated heterocycles. The van der Waals surface area contributed by atoms with Gasteiger partial charge in [0.25, 0.3) is 0 Å². The number of imidazole rings is 1. The van der Waals surface area contributed by atoms with Crippen molar-refractivity contribution in [1.29, 1.82) is 0 Å². The van der Waals surface area contributed by atoms with Crippen molar-refractivity contribution in [3.8, 4) is 0 Å². The van der Waals surface area contributed by atoms with E-state index >= 15 is 0 Å². The first-order valence-electron chi connectivity index (χ1n) is 9.90. The van der Waals surface area contributed by atoms with Crippen LogP contribution >= 0.6 is 0 Å². The first-order valence-corrected chi connectivity index (χ1v) is 9.90. The maximum absolute atomic E-state index is 10.8. The quantitative estimate of drug-likeness (QED) is 0.408. The van der Waals surface area contributed by atoms with Crippen LogP contribution in [0.3, 0.4) is 0 Å². The number of aliphatic imine (C=N–C) groups is 1. The minimum Gasteiger partial charge on any atom is -0.384 e. The molecular weight excluding hydrogens is 362 g/mol. The predicted octanol–water partition coefficient (Wildman–Crippen LogP) is 2.89. The summed E-state index contributed by atoms with van der Waals surface area (Å²) in [5, 5.41) is 17.3. The number of guanidine groups is 1. The molecule has 0 aliphatic carbocycles. The van der Waals surface area contributed by atoms with Gasteiger partial charge >= 0.3 is 0 Å². The van der Waals surface area contributed by atoms with Gasteiger partial charge in [0.1, 0.15) is 5.60 Å². The van der Waals surface area contributed by atoms with Gasteiger partial charge < -0.3 is 20.3 Å². The lowest BCUT2D eigenvalue weighted by Crippen LogP contribution is -2.44. The maximum atomic E-state index is 10.8. The molecule has 1 aromatic heterocycles. The Hall–Kier alpha value is -3.12. The highest BCUT2D eigenvalue weighted by Gasteiger charge is 2.22. The fourth-order valence-electron chi connectivity index (χ4n) is 3.08. The van der Waals surface area contributed by atoms with Crippen LogP contribution in [0.1, 0.15) is 30.5 Å². The van der Waals surface area contributed by atoms with E-state index in [0.717, 1.165) is 24.2 Å². The van der Waals surface area contributed by atoms with Crippen LogP contribution in [-0.4, -0.2) is 33.7 Å². The lowest BCUT2D eigenvalue weighted by atomic mass is 9.96. The Labute approximate surface area is 172 Å². The van der Waals surface area contributed by atoms with Gasteiger partial charge in [-0.1, -0.05) is 54.6 Å². The number of benzene rings is 2. The van der Waals surface area contributed by atoms with Crippen molar-refractivity contribution >= 4 is 5.96 Å². The molecule has 0 saturated carbocycles. The summed E-state index contributed by atoms with van der Waals surface area (Å²) in [5.41, 5.74) is 2.23. The highest BCUT2D eigenvalue weighted by Crippen LogP contribution is 2.18. The van der Waals surface area contributed by atoms with Crippen LogP contribution in [0, 0.1) is 0 Å². The number of hydrogen-bond acceptors (Lipinski definition) is 3. The number of aromatic nitrogens is 2. The Bertz CT molecular complexity index is 904. The van der Waals surface area contributed by atoms with E-state index < -0.39 is 5.60 Å². The Morgan fingerprint density at radius 1 is 1.10 bits per heavy atom. The second kappa shape index (κ2) is 9.89. The van der Waals surface area contributed by atoms with E-state index in [1.807, 2.05) is 54.3 Å². The van der Waals surface area contributed by atoms with Crippen LogP contribution in [0.15, 0.2) is 78.3 Å². The summed E-state index contributed by atoms with van der Waals surface area (Å²) in [6, 6.07) is 18.1. The smallest absolute Gasteiger partial charge is 0.191 e. The molecule has 152 valence electrons.